The number of ether oxygens (including phenoxy) is 1. The zero-order valence-electron chi connectivity index (χ0n) is 13.1. The maximum Gasteiger partial charge on any atom is 0.309 e. The number of halogens is 1. The zero-order valence-corrected chi connectivity index (χ0v) is 13.9. The summed E-state index contributed by atoms with van der Waals surface area (Å²) in [6, 6.07) is 5.75. The number of rotatable bonds is 8. The summed E-state index contributed by atoms with van der Waals surface area (Å²) in [4.78, 5) is 19.7. The van der Waals surface area contributed by atoms with E-state index in [1.54, 1.807) is 6.92 Å². The number of aliphatic hydroxyl groups is 1. The molecule has 1 rings (SSSR count). The van der Waals surface area contributed by atoms with Crippen molar-refractivity contribution in [2.75, 3.05) is 25.1 Å². The molecule has 0 radical (unpaired) electrons. The van der Waals surface area contributed by atoms with Gasteiger partial charge in [0.2, 0.25) is 0 Å². The van der Waals surface area contributed by atoms with E-state index in [1.165, 1.54) is 0 Å². The number of carbonyl (C=O) groups excluding carboxylic acids is 2. The predicted molar refractivity (Wildman–Crippen MR) is 88.2 cm³/mol. The van der Waals surface area contributed by atoms with Crippen molar-refractivity contribution < 1.29 is 19.4 Å². The van der Waals surface area contributed by atoms with Crippen molar-refractivity contribution in [3.8, 4) is 0 Å². The van der Waals surface area contributed by atoms with E-state index in [0.29, 0.717) is 31.0 Å². The molecule has 0 saturated carbocycles. The Bertz CT molecular complexity index is 454. The third kappa shape index (κ3) is 7.43. The van der Waals surface area contributed by atoms with Gasteiger partial charge < -0.3 is 20.0 Å². The average molecular weight is 330 g/mol. The number of aryl methyl sites for hydroxylation is 1. The average Bonchev–Trinajstić information content (AvgIpc) is 2.52. The van der Waals surface area contributed by atoms with Crippen LogP contribution in [0.3, 0.4) is 0 Å². The van der Waals surface area contributed by atoms with Crippen molar-refractivity contribution in [2.24, 2.45) is 5.92 Å². The fraction of sp³-hybridized carbons (Fsp3) is 0.500. The zero-order chi connectivity index (χ0) is 17.0. The summed E-state index contributed by atoms with van der Waals surface area (Å²) < 4.78 is 5.00. The van der Waals surface area contributed by atoms with Crippen LogP contribution in [-0.4, -0.2) is 37.6 Å². The van der Waals surface area contributed by atoms with E-state index in [4.69, 9.17) is 26.2 Å². The van der Waals surface area contributed by atoms with Gasteiger partial charge in [-0.2, -0.15) is 0 Å². The highest BCUT2D eigenvalue weighted by Crippen LogP contribution is 2.23. The number of aliphatic hydroxyl groups excluding tert-OH is 1. The summed E-state index contributed by atoms with van der Waals surface area (Å²) >= 11 is 6.09. The Hall–Kier alpha value is -1.59. The van der Waals surface area contributed by atoms with E-state index >= 15 is 0 Å². The highest BCUT2D eigenvalue weighted by Gasteiger charge is 2.18. The van der Waals surface area contributed by atoms with E-state index in [-0.39, 0.29) is 18.5 Å². The summed E-state index contributed by atoms with van der Waals surface area (Å²) in [7, 11) is 0. The lowest BCUT2D eigenvalue weighted by Gasteiger charge is -2.15. The van der Waals surface area contributed by atoms with Gasteiger partial charge in [-0.15, -0.1) is 0 Å². The SMILES string of the molecule is C=O.CCOC(=O)C(CCO)CCNc1cc(C)ccc1Cl. The van der Waals surface area contributed by atoms with Crippen LogP contribution in [0.2, 0.25) is 5.02 Å². The minimum Gasteiger partial charge on any atom is -0.466 e. The summed E-state index contributed by atoms with van der Waals surface area (Å²) in [5.74, 6) is -0.533. The van der Waals surface area contributed by atoms with Gasteiger partial charge in [-0.25, -0.2) is 0 Å². The van der Waals surface area contributed by atoms with Crippen molar-refractivity contribution in [3.63, 3.8) is 0 Å². The number of esters is 1. The van der Waals surface area contributed by atoms with Gasteiger partial charge in [0.1, 0.15) is 6.79 Å². The molecule has 0 amide bonds. The Labute approximate surface area is 136 Å². The molecule has 6 heteroatoms. The first kappa shape index (κ1) is 20.4. The largest absolute Gasteiger partial charge is 0.466 e. The van der Waals surface area contributed by atoms with Gasteiger partial charge in [0, 0.05) is 13.2 Å². The molecule has 0 fully saturated rings. The first-order valence-electron chi connectivity index (χ1n) is 7.14. The lowest BCUT2D eigenvalue weighted by Crippen LogP contribution is -2.22. The third-order valence-electron chi connectivity index (χ3n) is 3.03. The van der Waals surface area contributed by atoms with Crippen LogP contribution >= 0.6 is 11.6 Å². The van der Waals surface area contributed by atoms with Crippen LogP contribution < -0.4 is 5.32 Å². The number of hydrogen-bond acceptors (Lipinski definition) is 5. The molecule has 0 aliphatic heterocycles. The highest BCUT2D eigenvalue weighted by molar-refractivity contribution is 6.33. The molecule has 22 heavy (non-hydrogen) atoms. The molecular weight excluding hydrogens is 306 g/mol. The molecule has 5 nitrogen and oxygen atoms in total. The van der Waals surface area contributed by atoms with E-state index in [1.807, 2.05) is 31.9 Å². The maximum absolute atomic E-state index is 11.7. The second-order valence-electron chi connectivity index (χ2n) is 4.66. The monoisotopic (exact) mass is 329 g/mol. The second-order valence-corrected chi connectivity index (χ2v) is 5.07. The summed E-state index contributed by atoms with van der Waals surface area (Å²) in [5, 5.41) is 12.9. The van der Waals surface area contributed by atoms with Crippen molar-refractivity contribution in [2.45, 2.75) is 26.7 Å². The number of nitrogens with one attached hydrogen (secondary N) is 1. The minimum absolute atomic E-state index is 0.0192. The molecule has 1 aromatic carbocycles. The van der Waals surface area contributed by atoms with Gasteiger partial charge >= 0.3 is 5.97 Å². The Morgan fingerprint density at radius 1 is 1.41 bits per heavy atom. The fourth-order valence-corrected chi connectivity index (χ4v) is 2.14. The van der Waals surface area contributed by atoms with Crippen molar-refractivity contribution in [3.05, 3.63) is 28.8 Å². The molecule has 0 heterocycles. The topological polar surface area (TPSA) is 75.6 Å². The minimum atomic E-state index is -0.281. The molecule has 0 aliphatic rings. The van der Waals surface area contributed by atoms with Gasteiger partial charge in [-0.05, 0) is 44.4 Å². The standard InChI is InChI=1S/C15H22ClNO3.CH2O/c1-3-20-15(19)12(7-9-18)6-8-17-14-10-11(2)4-5-13(14)16;1-2/h4-5,10,12,17-18H,3,6-9H2,1-2H3;1H2. The summed E-state index contributed by atoms with van der Waals surface area (Å²) in [5.41, 5.74) is 1.98. The Balaban J connectivity index is 0.00000211. The third-order valence-corrected chi connectivity index (χ3v) is 3.36. The summed E-state index contributed by atoms with van der Waals surface area (Å²) in [6.07, 6.45) is 1.02. The van der Waals surface area contributed by atoms with Crippen LogP contribution in [0.15, 0.2) is 18.2 Å². The quantitative estimate of drug-likeness (QED) is 0.717. The highest BCUT2D eigenvalue weighted by atomic mass is 35.5. The molecule has 0 aromatic heterocycles. The van der Waals surface area contributed by atoms with Gasteiger partial charge in [-0.3, -0.25) is 4.79 Å². The number of carbonyl (C=O) groups is 2. The molecule has 124 valence electrons. The molecule has 1 atom stereocenters. The van der Waals surface area contributed by atoms with Crippen molar-refractivity contribution in [1.29, 1.82) is 0 Å². The molecule has 1 unspecified atom stereocenters. The van der Waals surface area contributed by atoms with E-state index < -0.39 is 0 Å². The lowest BCUT2D eigenvalue weighted by atomic mass is 10.0. The van der Waals surface area contributed by atoms with Crippen molar-refractivity contribution >= 4 is 30.0 Å². The van der Waals surface area contributed by atoms with Crippen molar-refractivity contribution in [1.82, 2.24) is 0 Å². The lowest BCUT2D eigenvalue weighted by molar-refractivity contribution is -0.148. The maximum atomic E-state index is 11.7. The second kappa shape index (κ2) is 12.0. The molecule has 0 aliphatic carbocycles. The number of benzene rings is 1. The van der Waals surface area contributed by atoms with E-state index in [9.17, 15) is 4.79 Å². The van der Waals surface area contributed by atoms with Crippen LogP contribution in [0, 0.1) is 12.8 Å². The van der Waals surface area contributed by atoms with E-state index in [2.05, 4.69) is 5.32 Å². The van der Waals surface area contributed by atoms with Crippen LogP contribution in [0.5, 0.6) is 0 Å². The van der Waals surface area contributed by atoms with Crippen LogP contribution in [0.1, 0.15) is 25.3 Å². The summed E-state index contributed by atoms with van der Waals surface area (Å²) in [6.45, 7) is 6.71. The first-order chi connectivity index (χ1) is 10.6. The Morgan fingerprint density at radius 3 is 2.68 bits per heavy atom. The smallest absolute Gasteiger partial charge is 0.309 e. The van der Waals surface area contributed by atoms with Gasteiger partial charge in [0.05, 0.1) is 23.2 Å². The van der Waals surface area contributed by atoms with E-state index in [0.717, 1.165) is 11.3 Å². The molecule has 2 N–H and O–H groups in total. The van der Waals surface area contributed by atoms with Gasteiger partial charge in [0.25, 0.3) is 0 Å². The van der Waals surface area contributed by atoms with Gasteiger partial charge in [-0.1, -0.05) is 17.7 Å². The van der Waals surface area contributed by atoms with Crippen LogP contribution in [0.25, 0.3) is 0 Å². The molecule has 0 saturated heterocycles. The fourth-order valence-electron chi connectivity index (χ4n) is 1.95. The normalized spacial score (nSPS) is 11.1. The van der Waals surface area contributed by atoms with Crippen LogP contribution in [0.4, 0.5) is 5.69 Å². The molecule has 0 bridgehead atoms. The Kier molecular flexibility index (Phi) is 11.1. The van der Waals surface area contributed by atoms with Crippen LogP contribution in [-0.2, 0) is 14.3 Å². The molecular formula is C16H24ClNO4. The number of hydrogen-bond donors (Lipinski definition) is 2. The Morgan fingerprint density at radius 2 is 2.09 bits per heavy atom. The molecule has 1 aromatic rings. The van der Waals surface area contributed by atoms with Gasteiger partial charge in [0.15, 0.2) is 0 Å². The first-order valence-corrected chi connectivity index (χ1v) is 7.52. The molecule has 0 spiro atoms. The number of anilines is 1. The predicted octanol–water partition coefficient (Wildman–Crippen LogP) is 2.83.